The van der Waals surface area contributed by atoms with E-state index >= 15 is 0 Å². The normalized spacial score (nSPS) is 16.6. The summed E-state index contributed by atoms with van der Waals surface area (Å²) >= 11 is 0. The molecule has 150 valence electrons. The predicted octanol–water partition coefficient (Wildman–Crippen LogP) is 3.45. The van der Waals surface area contributed by atoms with E-state index in [9.17, 15) is 4.79 Å². The van der Waals surface area contributed by atoms with Gasteiger partial charge >= 0.3 is 0 Å². The van der Waals surface area contributed by atoms with Crippen molar-refractivity contribution in [1.82, 2.24) is 20.2 Å². The molecule has 0 saturated carbocycles. The van der Waals surface area contributed by atoms with Crippen LogP contribution in [0.5, 0.6) is 5.75 Å². The minimum absolute atomic E-state index is 0.00601. The van der Waals surface area contributed by atoms with Crippen LogP contribution in [-0.4, -0.2) is 39.2 Å². The first-order chi connectivity index (χ1) is 14.2. The third kappa shape index (κ3) is 4.62. The van der Waals surface area contributed by atoms with Crippen LogP contribution in [-0.2, 0) is 13.0 Å². The second-order valence-electron chi connectivity index (χ2n) is 7.41. The molecular weight excluding hydrogens is 368 g/mol. The molecule has 3 aromatic rings. The first-order valence-electron chi connectivity index (χ1n) is 9.88. The maximum atomic E-state index is 13.2. The Bertz CT molecular complexity index is 957. The van der Waals surface area contributed by atoms with Crippen LogP contribution in [0.15, 0.2) is 53.4 Å². The van der Waals surface area contributed by atoms with Crippen LogP contribution in [0.3, 0.4) is 0 Å². The molecule has 0 radical (unpaired) electrons. The van der Waals surface area contributed by atoms with Crippen LogP contribution >= 0.6 is 0 Å². The van der Waals surface area contributed by atoms with Crippen LogP contribution in [0.2, 0.25) is 0 Å². The second kappa shape index (κ2) is 8.86. The first-order valence-corrected chi connectivity index (χ1v) is 9.88. The van der Waals surface area contributed by atoms with Gasteiger partial charge in [-0.15, -0.1) is 0 Å². The van der Waals surface area contributed by atoms with Crippen molar-refractivity contribution in [1.29, 1.82) is 0 Å². The molecule has 2 aromatic heterocycles. The zero-order chi connectivity index (χ0) is 20.1. The molecule has 1 aromatic carbocycles. The quantitative estimate of drug-likeness (QED) is 0.639. The summed E-state index contributed by atoms with van der Waals surface area (Å²) < 4.78 is 10.6. The van der Waals surface area contributed by atoms with Crippen molar-refractivity contribution in [2.24, 2.45) is 5.92 Å². The lowest BCUT2D eigenvalue weighted by Gasteiger charge is -2.33. The monoisotopic (exact) mass is 392 g/mol. The van der Waals surface area contributed by atoms with Gasteiger partial charge in [-0.25, -0.2) is 4.63 Å². The zero-order valence-electron chi connectivity index (χ0n) is 16.5. The Kier molecular flexibility index (Phi) is 5.84. The number of nitrogens with zero attached hydrogens (tertiary/aromatic N) is 4. The summed E-state index contributed by atoms with van der Waals surface area (Å²) in [6, 6.07) is 11.4. The predicted molar refractivity (Wildman–Crippen MR) is 106 cm³/mol. The molecule has 1 saturated heterocycles. The van der Waals surface area contributed by atoms with Crippen molar-refractivity contribution in [2.75, 3.05) is 13.1 Å². The number of rotatable bonds is 6. The van der Waals surface area contributed by atoms with E-state index in [0.717, 1.165) is 32.4 Å². The largest absolute Gasteiger partial charge is 0.486 e. The van der Waals surface area contributed by atoms with Crippen LogP contribution < -0.4 is 4.74 Å². The summed E-state index contributed by atoms with van der Waals surface area (Å²) in [5, 5.41) is 7.59. The van der Waals surface area contributed by atoms with E-state index in [2.05, 4.69) is 21.4 Å². The van der Waals surface area contributed by atoms with Gasteiger partial charge in [0.25, 0.3) is 5.91 Å². The maximum absolute atomic E-state index is 13.2. The molecule has 0 aliphatic carbocycles. The van der Waals surface area contributed by atoms with Crippen molar-refractivity contribution >= 4 is 5.91 Å². The number of likely N-dealkylation sites (tertiary alicyclic amines) is 1. The molecule has 0 bridgehead atoms. The van der Waals surface area contributed by atoms with Crippen molar-refractivity contribution in [3.05, 3.63) is 71.3 Å². The van der Waals surface area contributed by atoms with Gasteiger partial charge in [-0.1, -0.05) is 28.5 Å². The van der Waals surface area contributed by atoms with Gasteiger partial charge in [-0.2, -0.15) is 0 Å². The Labute approximate surface area is 169 Å². The van der Waals surface area contributed by atoms with Crippen LogP contribution in [0.1, 0.15) is 40.2 Å². The molecule has 29 heavy (non-hydrogen) atoms. The van der Waals surface area contributed by atoms with Crippen molar-refractivity contribution < 1.29 is 14.2 Å². The van der Waals surface area contributed by atoms with Crippen molar-refractivity contribution in [3.63, 3.8) is 0 Å². The molecule has 1 aliphatic heterocycles. The Balaban J connectivity index is 1.44. The molecule has 7 heteroatoms. The number of ether oxygens (including phenoxy) is 1. The number of carbonyl (C=O) groups is 1. The first kappa shape index (κ1) is 19.1. The number of aromatic nitrogens is 3. The molecule has 1 aliphatic rings. The number of piperidine rings is 1. The van der Waals surface area contributed by atoms with E-state index in [0.29, 0.717) is 28.6 Å². The van der Waals surface area contributed by atoms with Gasteiger partial charge in [-0.3, -0.25) is 9.78 Å². The van der Waals surface area contributed by atoms with Gasteiger partial charge in [0.2, 0.25) is 0 Å². The number of benzene rings is 1. The SMILES string of the molecule is Cc1nonc1COc1ccccc1C(=O)N1CCC[C@@H](Cc2cccnc2)C1. The van der Waals surface area contributed by atoms with Gasteiger partial charge in [0.15, 0.2) is 0 Å². The van der Waals surface area contributed by atoms with Gasteiger partial charge < -0.3 is 9.64 Å². The molecule has 0 spiro atoms. The van der Waals surface area contributed by atoms with Gasteiger partial charge in [-0.05, 0) is 55.9 Å². The smallest absolute Gasteiger partial charge is 0.257 e. The fourth-order valence-electron chi connectivity index (χ4n) is 3.73. The third-order valence-electron chi connectivity index (χ3n) is 5.28. The van der Waals surface area contributed by atoms with E-state index in [-0.39, 0.29) is 12.5 Å². The standard InChI is InChI=1S/C22H24N4O3/c1-16-20(25-29-24-16)15-28-21-9-3-2-8-19(21)22(27)26-11-5-7-18(14-26)12-17-6-4-10-23-13-17/h2-4,6,8-10,13,18H,5,7,11-12,14-15H2,1H3/t18-/m0/s1. The summed E-state index contributed by atoms with van der Waals surface area (Å²) in [6.07, 6.45) is 6.76. The number of hydrogen-bond donors (Lipinski definition) is 0. The Hall–Kier alpha value is -3.22. The molecule has 0 unspecified atom stereocenters. The highest BCUT2D eigenvalue weighted by atomic mass is 16.6. The topological polar surface area (TPSA) is 81.3 Å². The summed E-state index contributed by atoms with van der Waals surface area (Å²) in [7, 11) is 0. The Morgan fingerprint density at radius 1 is 1.24 bits per heavy atom. The average Bonchev–Trinajstić information content (AvgIpc) is 3.17. The van der Waals surface area contributed by atoms with Gasteiger partial charge in [0.05, 0.1) is 5.56 Å². The van der Waals surface area contributed by atoms with E-state index in [1.165, 1.54) is 5.56 Å². The second-order valence-corrected chi connectivity index (χ2v) is 7.41. The molecule has 1 fully saturated rings. The minimum atomic E-state index is 0.00601. The Morgan fingerprint density at radius 3 is 2.93 bits per heavy atom. The minimum Gasteiger partial charge on any atom is -0.486 e. The van der Waals surface area contributed by atoms with Gasteiger partial charge in [0, 0.05) is 25.5 Å². The molecule has 3 heterocycles. The van der Waals surface area contributed by atoms with Crippen LogP contribution in [0.4, 0.5) is 0 Å². The lowest BCUT2D eigenvalue weighted by Crippen LogP contribution is -2.40. The Morgan fingerprint density at radius 2 is 2.14 bits per heavy atom. The van der Waals surface area contributed by atoms with Gasteiger partial charge in [0.1, 0.15) is 23.7 Å². The highest BCUT2D eigenvalue weighted by molar-refractivity contribution is 5.97. The fraction of sp³-hybridized carbons (Fsp3) is 0.364. The van der Waals surface area contributed by atoms with Crippen LogP contribution in [0.25, 0.3) is 0 Å². The van der Waals surface area contributed by atoms with E-state index in [1.54, 1.807) is 6.20 Å². The molecular formula is C22H24N4O3. The number of para-hydroxylation sites is 1. The van der Waals surface area contributed by atoms with Crippen LogP contribution in [0, 0.1) is 12.8 Å². The molecule has 7 nitrogen and oxygen atoms in total. The highest BCUT2D eigenvalue weighted by Gasteiger charge is 2.26. The molecule has 0 N–H and O–H groups in total. The summed E-state index contributed by atoms with van der Waals surface area (Å²) in [4.78, 5) is 19.4. The maximum Gasteiger partial charge on any atom is 0.257 e. The van der Waals surface area contributed by atoms with E-state index < -0.39 is 0 Å². The fourth-order valence-corrected chi connectivity index (χ4v) is 3.73. The zero-order valence-corrected chi connectivity index (χ0v) is 16.5. The lowest BCUT2D eigenvalue weighted by molar-refractivity contribution is 0.0668. The van der Waals surface area contributed by atoms with E-state index in [1.807, 2.05) is 48.4 Å². The lowest BCUT2D eigenvalue weighted by atomic mass is 9.91. The summed E-state index contributed by atoms with van der Waals surface area (Å²) in [5.74, 6) is 0.995. The molecule has 1 amide bonds. The molecule has 4 rings (SSSR count). The number of carbonyl (C=O) groups excluding carboxylic acids is 1. The number of aryl methyl sites for hydroxylation is 1. The number of pyridine rings is 1. The summed E-state index contributed by atoms with van der Waals surface area (Å²) in [5.41, 5.74) is 3.10. The van der Waals surface area contributed by atoms with Crippen molar-refractivity contribution in [3.8, 4) is 5.75 Å². The summed E-state index contributed by atoms with van der Waals surface area (Å²) in [6.45, 7) is 3.53. The number of hydrogen-bond acceptors (Lipinski definition) is 6. The highest BCUT2D eigenvalue weighted by Crippen LogP contribution is 2.26. The third-order valence-corrected chi connectivity index (χ3v) is 5.28. The molecule has 1 atom stereocenters. The van der Waals surface area contributed by atoms with Crippen molar-refractivity contribution in [2.45, 2.75) is 32.8 Å². The number of amides is 1. The average molecular weight is 392 g/mol. The van der Waals surface area contributed by atoms with E-state index in [4.69, 9.17) is 9.37 Å².